The first-order valence-corrected chi connectivity index (χ1v) is 6.84. The van der Waals surface area contributed by atoms with E-state index in [1.165, 1.54) is 32.4 Å². The van der Waals surface area contributed by atoms with E-state index in [1.54, 1.807) is 20.8 Å². The highest BCUT2D eigenvalue weighted by Gasteiger charge is 2.32. The summed E-state index contributed by atoms with van der Waals surface area (Å²) in [5.41, 5.74) is -1.06. The number of nitro benzene ring substituents is 1. The number of benzene rings is 1. The summed E-state index contributed by atoms with van der Waals surface area (Å²) in [6.07, 6.45) is -0.308. The number of rotatable bonds is 5. The van der Waals surface area contributed by atoms with E-state index < -0.39 is 22.7 Å². The van der Waals surface area contributed by atoms with Crippen molar-refractivity contribution in [2.45, 2.75) is 32.4 Å². The first kappa shape index (κ1) is 18.4. The van der Waals surface area contributed by atoms with Crippen LogP contribution in [0.15, 0.2) is 18.2 Å². The average molecular weight is 324 g/mol. The fourth-order valence-electron chi connectivity index (χ4n) is 1.96. The van der Waals surface area contributed by atoms with Crippen LogP contribution in [-0.4, -0.2) is 42.0 Å². The number of methoxy groups -OCH3 is 1. The second-order valence-electron chi connectivity index (χ2n) is 5.83. The summed E-state index contributed by atoms with van der Waals surface area (Å²) in [4.78, 5) is 35.3. The molecule has 23 heavy (non-hydrogen) atoms. The highest BCUT2D eigenvalue weighted by molar-refractivity contribution is 5.76. The Kier molecular flexibility index (Phi) is 5.67. The Labute approximate surface area is 134 Å². The van der Waals surface area contributed by atoms with Gasteiger partial charge in [0.25, 0.3) is 0 Å². The number of para-hydroxylation sites is 1. The van der Waals surface area contributed by atoms with Gasteiger partial charge in [0.15, 0.2) is 5.75 Å². The number of likely N-dealkylation sites (N-methyl/N-ethyl adjacent to an activating group) is 1. The van der Waals surface area contributed by atoms with E-state index in [2.05, 4.69) is 0 Å². The first-order valence-electron chi connectivity index (χ1n) is 6.84. The van der Waals surface area contributed by atoms with Gasteiger partial charge < -0.3 is 14.3 Å². The van der Waals surface area contributed by atoms with Gasteiger partial charge in [-0.15, -0.1) is 0 Å². The topological polar surface area (TPSA) is 99.0 Å². The largest absolute Gasteiger partial charge is 0.490 e. The van der Waals surface area contributed by atoms with Gasteiger partial charge in [-0.1, -0.05) is 6.07 Å². The Morgan fingerprint density at radius 1 is 1.39 bits per heavy atom. The minimum absolute atomic E-state index is 0.0111. The van der Waals surface area contributed by atoms with Crippen molar-refractivity contribution in [2.75, 3.05) is 14.2 Å². The highest BCUT2D eigenvalue weighted by Crippen LogP contribution is 2.35. The number of carbonyl (C=O) groups excluding carboxylic acids is 2. The van der Waals surface area contributed by atoms with Gasteiger partial charge in [-0.3, -0.25) is 15.0 Å². The monoisotopic (exact) mass is 324 g/mol. The second-order valence-corrected chi connectivity index (χ2v) is 5.83. The Morgan fingerprint density at radius 2 is 2.00 bits per heavy atom. The smallest absolute Gasteiger partial charge is 0.410 e. The summed E-state index contributed by atoms with van der Waals surface area (Å²) in [6, 6.07) is 3.17. The number of hydrogen-bond acceptors (Lipinski definition) is 6. The summed E-state index contributed by atoms with van der Waals surface area (Å²) in [6.45, 7) is 5.05. The van der Waals surface area contributed by atoms with Crippen LogP contribution in [0.1, 0.15) is 32.4 Å². The first-order chi connectivity index (χ1) is 10.6. The Hall–Kier alpha value is -2.64. The summed E-state index contributed by atoms with van der Waals surface area (Å²) in [5.74, 6) is 0.0111. The molecule has 0 saturated carbocycles. The molecule has 1 aromatic carbocycles. The fourth-order valence-corrected chi connectivity index (χ4v) is 1.96. The molecule has 1 rings (SSSR count). The molecule has 0 heterocycles. The number of hydrogen-bond donors (Lipinski definition) is 0. The lowest BCUT2D eigenvalue weighted by molar-refractivity contribution is -0.386. The maximum absolute atomic E-state index is 12.1. The van der Waals surface area contributed by atoms with Gasteiger partial charge in [-0.05, 0) is 32.9 Å². The molecule has 8 nitrogen and oxygen atoms in total. The molecule has 0 N–H and O–H groups in total. The molecule has 1 unspecified atom stereocenters. The predicted molar refractivity (Wildman–Crippen MR) is 82.5 cm³/mol. The molecule has 0 fully saturated rings. The predicted octanol–water partition coefficient (Wildman–Crippen LogP) is 2.71. The van der Waals surface area contributed by atoms with Crippen LogP contribution in [0.4, 0.5) is 10.5 Å². The average Bonchev–Trinajstić information content (AvgIpc) is 2.45. The molecule has 0 aromatic heterocycles. The molecule has 0 aliphatic rings. The zero-order chi connectivity index (χ0) is 17.8. The van der Waals surface area contributed by atoms with Gasteiger partial charge in [-0.25, -0.2) is 4.79 Å². The second kappa shape index (κ2) is 7.08. The number of carbonyl (C=O) groups is 2. The number of nitrogens with zero attached hydrogens (tertiary/aromatic N) is 2. The van der Waals surface area contributed by atoms with Gasteiger partial charge in [0.2, 0.25) is 0 Å². The van der Waals surface area contributed by atoms with E-state index in [9.17, 15) is 19.7 Å². The van der Waals surface area contributed by atoms with Crippen molar-refractivity contribution in [3.63, 3.8) is 0 Å². The van der Waals surface area contributed by atoms with Crippen molar-refractivity contribution in [3.05, 3.63) is 33.9 Å². The normalized spacial score (nSPS) is 12.2. The van der Waals surface area contributed by atoms with Crippen molar-refractivity contribution >= 4 is 18.1 Å². The van der Waals surface area contributed by atoms with E-state index in [0.29, 0.717) is 6.29 Å². The Bertz CT molecular complexity index is 608. The van der Waals surface area contributed by atoms with Crippen molar-refractivity contribution < 1.29 is 24.0 Å². The van der Waals surface area contributed by atoms with E-state index in [0.717, 1.165) is 4.90 Å². The lowest BCUT2D eigenvalue weighted by atomic mass is 10.0. The molecule has 0 spiro atoms. The van der Waals surface area contributed by atoms with Crippen LogP contribution in [0.25, 0.3) is 0 Å². The van der Waals surface area contributed by atoms with Gasteiger partial charge in [0.1, 0.15) is 17.9 Å². The molecular formula is C15H20N2O6. The lowest BCUT2D eigenvalue weighted by Gasteiger charge is -2.28. The molecular weight excluding hydrogens is 304 g/mol. The maximum Gasteiger partial charge on any atom is 0.410 e. The SMILES string of the molecule is COc1cccc(C(C=O)N(C)C(=O)OC(C)(C)C)c1[N+](=O)[O-]. The third-order valence-electron chi connectivity index (χ3n) is 2.98. The summed E-state index contributed by atoms with van der Waals surface area (Å²) in [7, 11) is 2.63. The molecule has 0 aliphatic heterocycles. The van der Waals surface area contributed by atoms with Crippen LogP contribution in [0.5, 0.6) is 5.75 Å². The third-order valence-corrected chi connectivity index (χ3v) is 2.98. The fraction of sp³-hybridized carbons (Fsp3) is 0.467. The molecule has 1 aromatic rings. The van der Waals surface area contributed by atoms with Gasteiger partial charge >= 0.3 is 11.8 Å². The summed E-state index contributed by atoms with van der Waals surface area (Å²) in [5, 5.41) is 11.3. The highest BCUT2D eigenvalue weighted by atomic mass is 16.6. The summed E-state index contributed by atoms with van der Waals surface area (Å²) < 4.78 is 10.2. The van der Waals surface area contributed by atoms with Crippen molar-refractivity contribution in [3.8, 4) is 5.75 Å². The number of nitro groups is 1. The zero-order valence-electron chi connectivity index (χ0n) is 13.7. The van der Waals surface area contributed by atoms with Crippen LogP contribution in [0, 0.1) is 10.1 Å². The number of ether oxygens (including phenoxy) is 2. The van der Waals surface area contributed by atoms with Crippen LogP contribution in [0.2, 0.25) is 0 Å². The quantitative estimate of drug-likeness (QED) is 0.469. The van der Waals surface area contributed by atoms with E-state index in [1.807, 2.05) is 0 Å². The van der Waals surface area contributed by atoms with Crippen molar-refractivity contribution in [1.29, 1.82) is 0 Å². The molecule has 0 bridgehead atoms. The van der Waals surface area contributed by atoms with Crippen LogP contribution in [0.3, 0.4) is 0 Å². The van der Waals surface area contributed by atoms with E-state index in [4.69, 9.17) is 9.47 Å². The van der Waals surface area contributed by atoms with Crippen LogP contribution >= 0.6 is 0 Å². The minimum atomic E-state index is -1.17. The third kappa shape index (κ3) is 4.41. The maximum atomic E-state index is 12.1. The van der Waals surface area contributed by atoms with Crippen molar-refractivity contribution in [2.24, 2.45) is 0 Å². The molecule has 1 atom stereocenters. The van der Waals surface area contributed by atoms with Gasteiger partial charge in [0, 0.05) is 7.05 Å². The molecule has 126 valence electrons. The summed E-state index contributed by atoms with van der Waals surface area (Å²) >= 11 is 0. The molecule has 0 radical (unpaired) electrons. The van der Waals surface area contributed by atoms with Crippen molar-refractivity contribution in [1.82, 2.24) is 4.90 Å². The molecule has 0 saturated heterocycles. The van der Waals surface area contributed by atoms with E-state index >= 15 is 0 Å². The van der Waals surface area contributed by atoms with E-state index in [-0.39, 0.29) is 17.0 Å². The van der Waals surface area contributed by atoms with Gasteiger partial charge in [-0.2, -0.15) is 0 Å². The van der Waals surface area contributed by atoms with Crippen LogP contribution in [-0.2, 0) is 9.53 Å². The Balaban J connectivity index is 3.28. The molecule has 0 aliphatic carbocycles. The standard InChI is InChI=1S/C15H20N2O6/c1-15(2,3)23-14(19)16(4)11(9-18)10-7-6-8-12(22-5)13(10)17(20)21/h6-9,11H,1-5H3. The number of aldehydes is 1. The molecule has 8 heteroatoms. The number of amides is 1. The minimum Gasteiger partial charge on any atom is -0.490 e. The Morgan fingerprint density at radius 3 is 2.43 bits per heavy atom. The van der Waals surface area contributed by atoms with Crippen LogP contribution < -0.4 is 4.74 Å². The molecule has 1 amide bonds. The zero-order valence-corrected chi connectivity index (χ0v) is 13.7. The lowest BCUT2D eigenvalue weighted by Crippen LogP contribution is -2.37. The van der Waals surface area contributed by atoms with Gasteiger partial charge in [0.05, 0.1) is 17.6 Å².